The van der Waals surface area contributed by atoms with E-state index in [9.17, 15) is 19.6 Å². The summed E-state index contributed by atoms with van der Waals surface area (Å²) in [5.41, 5.74) is 5.45. The highest BCUT2D eigenvalue weighted by Crippen LogP contribution is 2.42. The maximum atomic E-state index is 15.6. The van der Waals surface area contributed by atoms with Crippen LogP contribution in [0.1, 0.15) is 44.2 Å². The fraction of sp³-hybridized carbons (Fsp3) is 0.500. The number of nitriles is 1. The van der Waals surface area contributed by atoms with Gasteiger partial charge in [0.15, 0.2) is 5.75 Å². The number of anilines is 1. The Morgan fingerprint density at radius 1 is 1.31 bits per heavy atom. The van der Waals surface area contributed by atoms with Crippen LogP contribution in [0.25, 0.3) is 10.9 Å². The van der Waals surface area contributed by atoms with Gasteiger partial charge in [-0.25, -0.2) is 9.18 Å². The van der Waals surface area contributed by atoms with E-state index in [2.05, 4.69) is 10.8 Å². The highest BCUT2D eigenvalue weighted by Gasteiger charge is 2.43. The number of hydrogen-bond donors (Lipinski definition) is 2. The van der Waals surface area contributed by atoms with Crippen molar-refractivity contribution in [3.05, 3.63) is 33.9 Å². The van der Waals surface area contributed by atoms with Crippen molar-refractivity contribution in [1.82, 2.24) is 9.47 Å². The molecular weight excluding hydrogens is 457 g/mol. The van der Waals surface area contributed by atoms with E-state index in [1.165, 1.54) is 6.20 Å². The zero-order valence-electron chi connectivity index (χ0n) is 19.2. The Morgan fingerprint density at radius 3 is 2.69 bits per heavy atom. The van der Waals surface area contributed by atoms with Crippen LogP contribution in [0.5, 0.6) is 5.75 Å². The van der Waals surface area contributed by atoms with Gasteiger partial charge in [-0.15, -0.1) is 0 Å². The van der Waals surface area contributed by atoms with Gasteiger partial charge >= 0.3 is 6.16 Å². The van der Waals surface area contributed by atoms with Crippen LogP contribution in [0.3, 0.4) is 0 Å². The predicted octanol–water partition coefficient (Wildman–Crippen LogP) is 2.18. The lowest BCUT2D eigenvalue weighted by Crippen LogP contribution is -2.53. The molecule has 11 heteroatoms. The summed E-state index contributed by atoms with van der Waals surface area (Å²) in [6.45, 7) is 3.07. The van der Waals surface area contributed by atoms with Crippen LogP contribution >= 0.6 is 0 Å². The molecule has 0 bridgehead atoms. The molecule has 1 amide bonds. The molecule has 2 saturated heterocycles. The van der Waals surface area contributed by atoms with Crippen molar-refractivity contribution in [2.45, 2.75) is 50.7 Å². The van der Waals surface area contributed by atoms with Crippen LogP contribution in [0.4, 0.5) is 14.9 Å². The van der Waals surface area contributed by atoms with Gasteiger partial charge in [-0.05, 0) is 44.6 Å². The number of hydrogen-bond acceptors (Lipinski definition) is 7. The minimum atomic E-state index is -1.65. The number of fused-ring (bicyclic) bond motifs is 2. The molecule has 35 heavy (non-hydrogen) atoms. The topological polar surface area (TPSA) is 142 Å². The van der Waals surface area contributed by atoms with E-state index in [4.69, 9.17) is 10.8 Å². The minimum Gasteiger partial charge on any atom is -0.449 e. The molecule has 3 fully saturated rings. The quantitative estimate of drug-likeness (QED) is 0.630. The van der Waals surface area contributed by atoms with Gasteiger partial charge in [0.05, 0.1) is 34.9 Å². The normalized spacial score (nSPS) is 22.6. The highest BCUT2D eigenvalue weighted by molar-refractivity contribution is 5.92. The Labute approximate surface area is 200 Å². The maximum absolute atomic E-state index is 15.6. The van der Waals surface area contributed by atoms with Gasteiger partial charge in [-0.1, -0.05) is 0 Å². The van der Waals surface area contributed by atoms with E-state index in [1.807, 2.05) is 0 Å². The molecule has 184 valence electrons. The van der Waals surface area contributed by atoms with Crippen molar-refractivity contribution in [3.63, 3.8) is 0 Å². The van der Waals surface area contributed by atoms with Gasteiger partial charge in [0.1, 0.15) is 17.4 Å². The number of aromatic nitrogens is 1. The molecule has 3 atom stereocenters. The molecule has 1 aliphatic carbocycles. The molecule has 1 aromatic heterocycles. The Kier molecular flexibility index (Phi) is 5.63. The van der Waals surface area contributed by atoms with Crippen molar-refractivity contribution in [2.75, 3.05) is 24.5 Å². The SMILES string of the molecule is C[C@H](N)C(=O)N1CCC[C@H]2CN(c3c(F)cc4c(=O)c(OC(=O)O)cn(C5CC5)c4c3C#N)C[C@H]21. The number of halogens is 1. The number of piperidine rings is 1. The molecule has 1 saturated carbocycles. The fourth-order valence-corrected chi connectivity index (χ4v) is 5.57. The summed E-state index contributed by atoms with van der Waals surface area (Å²) in [7, 11) is 0. The number of ether oxygens (including phenoxy) is 1. The van der Waals surface area contributed by atoms with E-state index < -0.39 is 29.2 Å². The van der Waals surface area contributed by atoms with Crippen LogP contribution in [-0.2, 0) is 4.79 Å². The number of carbonyl (C=O) groups is 2. The van der Waals surface area contributed by atoms with E-state index in [0.717, 1.165) is 31.7 Å². The molecule has 3 heterocycles. The second-order valence-corrected chi connectivity index (χ2v) is 9.61. The summed E-state index contributed by atoms with van der Waals surface area (Å²) < 4.78 is 21.9. The average molecular weight is 484 g/mol. The average Bonchev–Trinajstić information content (AvgIpc) is 3.57. The first-order chi connectivity index (χ1) is 16.7. The van der Waals surface area contributed by atoms with E-state index >= 15 is 4.39 Å². The lowest BCUT2D eigenvalue weighted by Gasteiger charge is -2.37. The lowest BCUT2D eigenvalue weighted by molar-refractivity contribution is -0.136. The van der Waals surface area contributed by atoms with Gasteiger partial charge in [0.25, 0.3) is 0 Å². The number of likely N-dealkylation sites (tertiary alicyclic amines) is 1. The van der Waals surface area contributed by atoms with E-state index in [-0.39, 0.29) is 46.1 Å². The van der Waals surface area contributed by atoms with Crippen LogP contribution in [-0.4, -0.2) is 58.4 Å². The number of nitrogens with two attached hydrogens (primary N) is 1. The second kappa shape index (κ2) is 8.53. The molecule has 5 rings (SSSR count). The minimum absolute atomic E-state index is 0.0228. The second-order valence-electron chi connectivity index (χ2n) is 9.61. The van der Waals surface area contributed by atoms with Crippen molar-refractivity contribution in [1.29, 1.82) is 5.26 Å². The third-order valence-electron chi connectivity index (χ3n) is 7.23. The molecule has 3 aliphatic rings. The van der Waals surface area contributed by atoms with Crippen molar-refractivity contribution in [3.8, 4) is 11.8 Å². The summed E-state index contributed by atoms with van der Waals surface area (Å²) in [5, 5.41) is 19.1. The number of carboxylic acid groups (broad SMARTS) is 1. The van der Waals surface area contributed by atoms with Gasteiger partial charge in [-0.2, -0.15) is 5.26 Å². The molecule has 0 spiro atoms. The highest BCUT2D eigenvalue weighted by atomic mass is 19.1. The van der Waals surface area contributed by atoms with Crippen LogP contribution in [0, 0.1) is 23.1 Å². The Hall–Kier alpha value is -3.65. The largest absolute Gasteiger partial charge is 0.511 e. The lowest BCUT2D eigenvalue weighted by atomic mass is 9.91. The molecule has 10 nitrogen and oxygen atoms in total. The number of nitrogens with zero attached hydrogens (tertiary/aromatic N) is 4. The molecule has 0 radical (unpaired) electrons. The Morgan fingerprint density at radius 2 is 2.06 bits per heavy atom. The monoisotopic (exact) mass is 483 g/mol. The molecule has 0 unspecified atom stereocenters. The van der Waals surface area contributed by atoms with Crippen LogP contribution < -0.4 is 20.8 Å². The number of benzene rings is 1. The van der Waals surface area contributed by atoms with Gasteiger partial charge < -0.3 is 29.9 Å². The Balaban J connectivity index is 1.63. The molecule has 2 aromatic rings. The predicted molar refractivity (Wildman–Crippen MR) is 124 cm³/mol. The number of pyridine rings is 1. The fourth-order valence-electron chi connectivity index (χ4n) is 5.57. The third kappa shape index (κ3) is 3.87. The van der Waals surface area contributed by atoms with Crippen molar-refractivity contribution in [2.24, 2.45) is 11.7 Å². The first kappa shape index (κ1) is 23.1. The number of rotatable bonds is 4. The first-order valence-electron chi connectivity index (χ1n) is 11.7. The van der Waals surface area contributed by atoms with E-state index in [0.29, 0.717) is 19.6 Å². The molecule has 3 N–H and O–H groups in total. The number of amides is 1. The third-order valence-corrected chi connectivity index (χ3v) is 7.23. The summed E-state index contributed by atoms with van der Waals surface area (Å²) in [5.74, 6) is -1.20. The van der Waals surface area contributed by atoms with Gasteiger partial charge in [-0.3, -0.25) is 9.59 Å². The summed E-state index contributed by atoms with van der Waals surface area (Å²) in [6.07, 6.45) is 2.92. The Bertz CT molecular complexity index is 1330. The summed E-state index contributed by atoms with van der Waals surface area (Å²) >= 11 is 0. The molecule has 1 aromatic carbocycles. The van der Waals surface area contributed by atoms with Crippen LogP contribution in [0.15, 0.2) is 17.1 Å². The zero-order valence-corrected chi connectivity index (χ0v) is 19.2. The van der Waals surface area contributed by atoms with Gasteiger partial charge in [0, 0.05) is 25.7 Å². The number of carbonyl (C=O) groups excluding carboxylic acids is 1. The zero-order chi connectivity index (χ0) is 25.0. The van der Waals surface area contributed by atoms with Crippen molar-refractivity contribution >= 4 is 28.7 Å². The molecular formula is C24H26FN5O5. The standard InChI is InChI=1S/C24H26FN5O5/c1-12(27)23(32)29-6-2-3-13-9-28(10-18(13)29)21-16(8-26)20-15(7-17(21)25)22(31)19(35-24(33)34)11-30(20)14-4-5-14/h7,11-14,18H,2-6,9-10,27H2,1H3,(H,33,34)/t12-,13-,18+/m0/s1. The first-order valence-corrected chi connectivity index (χ1v) is 11.7. The summed E-state index contributed by atoms with van der Waals surface area (Å²) in [4.78, 5) is 40.3. The summed E-state index contributed by atoms with van der Waals surface area (Å²) in [6, 6.07) is 2.35. The van der Waals surface area contributed by atoms with Crippen LogP contribution in [0.2, 0.25) is 0 Å². The molecule has 2 aliphatic heterocycles. The van der Waals surface area contributed by atoms with E-state index in [1.54, 1.807) is 21.3 Å². The van der Waals surface area contributed by atoms with Gasteiger partial charge in [0.2, 0.25) is 11.3 Å². The maximum Gasteiger partial charge on any atom is 0.511 e. The smallest absolute Gasteiger partial charge is 0.449 e. The van der Waals surface area contributed by atoms with Crippen molar-refractivity contribution < 1.29 is 23.8 Å².